The Balaban J connectivity index is 1.67. The fourth-order valence-corrected chi connectivity index (χ4v) is 3.02. The van der Waals surface area contributed by atoms with Crippen LogP contribution in [0.3, 0.4) is 0 Å². The van der Waals surface area contributed by atoms with Gasteiger partial charge >= 0.3 is 0 Å². The summed E-state index contributed by atoms with van der Waals surface area (Å²) in [4.78, 5) is 12.3. The minimum atomic E-state index is -0.0711. The van der Waals surface area contributed by atoms with E-state index in [-0.39, 0.29) is 5.91 Å². The maximum absolute atomic E-state index is 12.3. The van der Waals surface area contributed by atoms with Gasteiger partial charge < -0.3 is 5.32 Å². The Bertz CT molecular complexity index is 928. The van der Waals surface area contributed by atoms with Crippen LogP contribution in [-0.2, 0) is 17.9 Å². The average molecular weight is 372 g/mol. The van der Waals surface area contributed by atoms with Crippen molar-refractivity contribution in [1.29, 1.82) is 0 Å². The van der Waals surface area contributed by atoms with Crippen LogP contribution in [0.25, 0.3) is 0 Å². The standard InChI is InChI=1S/C19H22ClN5O/c1-13-6-4-5-7-16(13)11-25-15(3)19(14(2)23-25)22-18(26)8-9-24-12-17(20)10-21-24/h4-7,10,12H,8-9,11H2,1-3H3,(H,22,26). The molecule has 2 heterocycles. The molecule has 0 unspecified atom stereocenters. The number of hydrogen-bond acceptors (Lipinski definition) is 3. The predicted molar refractivity (Wildman–Crippen MR) is 102 cm³/mol. The minimum absolute atomic E-state index is 0.0711. The summed E-state index contributed by atoms with van der Waals surface area (Å²) < 4.78 is 3.59. The zero-order valence-electron chi connectivity index (χ0n) is 15.2. The third kappa shape index (κ3) is 4.14. The molecule has 0 atom stereocenters. The number of carbonyl (C=O) groups excluding carboxylic acids is 1. The topological polar surface area (TPSA) is 64.7 Å². The first kappa shape index (κ1) is 18.2. The Kier molecular flexibility index (Phi) is 5.42. The summed E-state index contributed by atoms with van der Waals surface area (Å²) >= 11 is 5.83. The molecule has 0 saturated heterocycles. The summed E-state index contributed by atoms with van der Waals surface area (Å²) in [5, 5.41) is 12.2. The summed E-state index contributed by atoms with van der Waals surface area (Å²) in [6.07, 6.45) is 3.58. The second-order valence-corrected chi connectivity index (χ2v) is 6.79. The van der Waals surface area contributed by atoms with Gasteiger partial charge in [0.05, 0.1) is 34.8 Å². The molecule has 0 radical (unpaired) electrons. The second kappa shape index (κ2) is 7.74. The maximum Gasteiger partial charge on any atom is 0.226 e. The second-order valence-electron chi connectivity index (χ2n) is 6.35. The fraction of sp³-hybridized carbons (Fsp3) is 0.316. The number of anilines is 1. The van der Waals surface area contributed by atoms with E-state index in [0.29, 0.717) is 24.5 Å². The molecule has 1 aromatic carbocycles. The van der Waals surface area contributed by atoms with E-state index in [0.717, 1.165) is 17.1 Å². The highest BCUT2D eigenvalue weighted by molar-refractivity contribution is 6.30. The lowest BCUT2D eigenvalue weighted by Gasteiger charge is -2.09. The van der Waals surface area contributed by atoms with Gasteiger partial charge in [-0.3, -0.25) is 14.2 Å². The summed E-state index contributed by atoms with van der Waals surface area (Å²) in [6, 6.07) is 8.24. The van der Waals surface area contributed by atoms with E-state index in [1.807, 2.05) is 30.7 Å². The van der Waals surface area contributed by atoms with Crippen LogP contribution >= 0.6 is 11.6 Å². The van der Waals surface area contributed by atoms with Gasteiger partial charge in [0.15, 0.2) is 0 Å². The van der Waals surface area contributed by atoms with Crippen LogP contribution in [0.4, 0.5) is 5.69 Å². The Morgan fingerprint density at radius 1 is 1.23 bits per heavy atom. The first-order valence-electron chi connectivity index (χ1n) is 8.50. The molecule has 1 amide bonds. The highest BCUT2D eigenvalue weighted by Crippen LogP contribution is 2.21. The third-order valence-corrected chi connectivity index (χ3v) is 4.59. The molecule has 2 aromatic heterocycles. The van der Waals surface area contributed by atoms with Gasteiger partial charge in [-0.25, -0.2) is 0 Å². The Morgan fingerprint density at radius 3 is 2.69 bits per heavy atom. The lowest BCUT2D eigenvalue weighted by molar-refractivity contribution is -0.116. The zero-order chi connectivity index (χ0) is 18.7. The van der Waals surface area contributed by atoms with Crippen LogP contribution in [0.1, 0.15) is 28.9 Å². The Labute approximate surface area is 157 Å². The number of amides is 1. The number of nitrogens with zero attached hydrogens (tertiary/aromatic N) is 4. The van der Waals surface area contributed by atoms with E-state index in [9.17, 15) is 4.79 Å². The van der Waals surface area contributed by atoms with Gasteiger partial charge in [0.1, 0.15) is 0 Å². The monoisotopic (exact) mass is 371 g/mol. The van der Waals surface area contributed by atoms with Crippen LogP contribution in [0.15, 0.2) is 36.7 Å². The number of halogens is 1. The molecule has 6 nitrogen and oxygen atoms in total. The number of aromatic nitrogens is 4. The van der Waals surface area contributed by atoms with Crippen molar-refractivity contribution in [1.82, 2.24) is 19.6 Å². The van der Waals surface area contributed by atoms with Crippen molar-refractivity contribution in [3.63, 3.8) is 0 Å². The van der Waals surface area contributed by atoms with Gasteiger partial charge in [0.25, 0.3) is 0 Å². The van der Waals surface area contributed by atoms with Gasteiger partial charge in [-0.05, 0) is 31.9 Å². The van der Waals surface area contributed by atoms with Crippen molar-refractivity contribution in [3.05, 3.63) is 64.2 Å². The van der Waals surface area contributed by atoms with Crippen LogP contribution in [-0.4, -0.2) is 25.5 Å². The molecule has 3 rings (SSSR count). The van der Waals surface area contributed by atoms with Crippen LogP contribution in [0.5, 0.6) is 0 Å². The predicted octanol–water partition coefficient (Wildman–Crippen LogP) is 3.74. The highest BCUT2D eigenvalue weighted by Gasteiger charge is 2.15. The van der Waals surface area contributed by atoms with Crippen LogP contribution in [0, 0.1) is 20.8 Å². The van der Waals surface area contributed by atoms with Gasteiger partial charge in [0, 0.05) is 19.2 Å². The molecule has 26 heavy (non-hydrogen) atoms. The van der Waals surface area contributed by atoms with E-state index in [2.05, 4.69) is 34.6 Å². The third-order valence-electron chi connectivity index (χ3n) is 4.40. The Hall–Kier alpha value is -2.60. The molecule has 0 aliphatic heterocycles. The molecule has 136 valence electrons. The molecule has 0 saturated carbocycles. The summed E-state index contributed by atoms with van der Waals surface area (Å²) in [5.41, 5.74) is 4.98. The number of carbonyl (C=O) groups is 1. The SMILES string of the molecule is Cc1ccccc1Cn1nc(C)c(NC(=O)CCn2cc(Cl)cn2)c1C. The molecule has 0 fully saturated rings. The van der Waals surface area contributed by atoms with E-state index in [1.165, 1.54) is 11.1 Å². The number of benzene rings is 1. The van der Waals surface area contributed by atoms with Crippen molar-refractivity contribution in [3.8, 4) is 0 Å². The normalized spacial score (nSPS) is 10.9. The first-order valence-corrected chi connectivity index (χ1v) is 8.88. The Morgan fingerprint density at radius 2 is 2.00 bits per heavy atom. The zero-order valence-corrected chi connectivity index (χ0v) is 15.9. The van der Waals surface area contributed by atoms with Crippen molar-refractivity contribution >= 4 is 23.2 Å². The molecule has 7 heteroatoms. The van der Waals surface area contributed by atoms with Crippen molar-refractivity contribution in [2.45, 2.75) is 40.3 Å². The number of nitrogens with one attached hydrogen (secondary N) is 1. The van der Waals surface area contributed by atoms with Gasteiger partial charge in [-0.15, -0.1) is 0 Å². The largest absolute Gasteiger partial charge is 0.323 e. The number of hydrogen-bond donors (Lipinski definition) is 1. The number of aryl methyl sites for hydroxylation is 3. The molecule has 3 aromatic rings. The first-order chi connectivity index (χ1) is 12.4. The summed E-state index contributed by atoms with van der Waals surface area (Å²) in [5.74, 6) is -0.0711. The molecular weight excluding hydrogens is 350 g/mol. The molecule has 0 aliphatic rings. The summed E-state index contributed by atoms with van der Waals surface area (Å²) in [7, 11) is 0. The molecule has 0 bridgehead atoms. The van der Waals surface area contributed by atoms with Gasteiger partial charge in [0.2, 0.25) is 5.91 Å². The van der Waals surface area contributed by atoms with E-state index in [1.54, 1.807) is 17.1 Å². The fourth-order valence-electron chi connectivity index (χ4n) is 2.86. The van der Waals surface area contributed by atoms with Crippen molar-refractivity contribution in [2.24, 2.45) is 0 Å². The van der Waals surface area contributed by atoms with Crippen LogP contribution in [0.2, 0.25) is 5.02 Å². The highest BCUT2D eigenvalue weighted by atomic mass is 35.5. The number of rotatable bonds is 6. The van der Waals surface area contributed by atoms with E-state index in [4.69, 9.17) is 11.6 Å². The van der Waals surface area contributed by atoms with Crippen molar-refractivity contribution in [2.75, 3.05) is 5.32 Å². The van der Waals surface area contributed by atoms with Gasteiger partial charge in [-0.1, -0.05) is 35.9 Å². The lowest BCUT2D eigenvalue weighted by atomic mass is 10.1. The lowest BCUT2D eigenvalue weighted by Crippen LogP contribution is -2.16. The average Bonchev–Trinajstić information content (AvgIpc) is 3.13. The van der Waals surface area contributed by atoms with E-state index < -0.39 is 0 Å². The van der Waals surface area contributed by atoms with Crippen LogP contribution < -0.4 is 5.32 Å². The maximum atomic E-state index is 12.3. The van der Waals surface area contributed by atoms with Gasteiger partial charge in [-0.2, -0.15) is 10.2 Å². The molecule has 0 aliphatic carbocycles. The molecule has 1 N–H and O–H groups in total. The molecule has 0 spiro atoms. The quantitative estimate of drug-likeness (QED) is 0.717. The molecular formula is C19H22ClN5O. The minimum Gasteiger partial charge on any atom is -0.323 e. The van der Waals surface area contributed by atoms with Crippen molar-refractivity contribution < 1.29 is 4.79 Å². The van der Waals surface area contributed by atoms with E-state index >= 15 is 0 Å². The smallest absolute Gasteiger partial charge is 0.226 e. The summed E-state index contributed by atoms with van der Waals surface area (Å²) in [6.45, 7) is 7.13.